The highest BCUT2D eigenvalue weighted by molar-refractivity contribution is 5.41. The van der Waals surface area contributed by atoms with E-state index < -0.39 is 0 Å². The summed E-state index contributed by atoms with van der Waals surface area (Å²) in [6.45, 7) is 8.71. The van der Waals surface area contributed by atoms with Crippen LogP contribution in [0.5, 0.6) is 0 Å². The van der Waals surface area contributed by atoms with Gasteiger partial charge in [-0.05, 0) is 25.2 Å². The lowest BCUT2D eigenvalue weighted by molar-refractivity contribution is 0.351. The van der Waals surface area contributed by atoms with Gasteiger partial charge in [0.25, 0.3) is 0 Å². The zero-order chi connectivity index (χ0) is 11.4. The Morgan fingerprint density at radius 3 is 2.33 bits per heavy atom. The zero-order valence-corrected chi connectivity index (χ0v) is 10.2. The second-order valence-corrected chi connectivity index (χ2v) is 4.52. The molecule has 0 radical (unpaired) electrons. The fraction of sp³-hybridized carbons (Fsp3) is 0.750. The monoisotopic (exact) mass is 210 g/mol. The van der Waals surface area contributed by atoms with Crippen molar-refractivity contribution in [1.82, 2.24) is 5.16 Å². The molecule has 1 heterocycles. The minimum Gasteiger partial charge on any atom is -0.381 e. The average molecular weight is 210 g/mol. The molecule has 0 unspecified atom stereocenters. The molecule has 0 fully saturated rings. The highest BCUT2D eigenvalue weighted by Gasteiger charge is 2.20. The van der Waals surface area contributed by atoms with E-state index >= 15 is 0 Å². The van der Waals surface area contributed by atoms with Gasteiger partial charge in [-0.15, -0.1) is 0 Å². The molecule has 0 aromatic carbocycles. The molecule has 1 aromatic heterocycles. The molecule has 0 aliphatic rings. The molecule has 0 spiro atoms. The summed E-state index contributed by atoms with van der Waals surface area (Å²) < 4.78 is 5.37. The normalized spacial score (nSPS) is 11.6. The van der Waals surface area contributed by atoms with Crippen molar-refractivity contribution < 1.29 is 4.52 Å². The smallest absolute Gasteiger partial charge is 0.170 e. The number of hydrogen-bond donors (Lipinski definition) is 1. The van der Waals surface area contributed by atoms with Crippen LogP contribution in [-0.4, -0.2) is 5.16 Å². The number of aromatic nitrogens is 1. The molecule has 0 saturated carbocycles. The standard InChI is InChI=1S/C12H22N2O/c1-5-9(6-2)11-10(7-8(3)4)12(13)14-15-11/h8-9H,5-7H2,1-4H3,(H2,13,14). The van der Waals surface area contributed by atoms with Crippen LogP contribution in [0.2, 0.25) is 0 Å². The van der Waals surface area contributed by atoms with E-state index in [9.17, 15) is 0 Å². The van der Waals surface area contributed by atoms with E-state index in [2.05, 4.69) is 32.9 Å². The van der Waals surface area contributed by atoms with E-state index in [1.165, 1.54) is 0 Å². The van der Waals surface area contributed by atoms with Crippen molar-refractivity contribution in [2.45, 2.75) is 52.9 Å². The van der Waals surface area contributed by atoms with Crippen molar-refractivity contribution >= 4 is 5.82 Å². The van der Waals surface area contributed by atoms with Crippen molar-refractivity contribution in [1.29, 1.82) is 0 Å². The Morgan fingerprint density at radius 2 is 1.87 bits per heavy atom. The third kappa shape index (κ3) is 2.74. The van der Waals surface area contributed by atoms with E-state index in [4.69, 9.17) is 10.3 Å². The van der Waals surface area contributed by atoms with Crippen LogP contribution in [0.3, 0.4) is 0 Å². The Morgan fingerprint density at radius 1 is 1.27 bits per heavy atom. The van der Waals surface area contributed by atoms with Crippen LogP contribution in [-0.2, 0) is 6.42 Å². The molecule has 2 N–H and O–H groups in total. The van der Waals surface area contributed by atoms with Crippen LogP contribution in [0.25, 0.3) is 0 Å². The maximum atomic E-state index is 5.83. The largest absolute Gasteiger partial charge is 0.381 e. The number of rotatable bonds is 5. The van der Waals surface area contributed by atoms with Crippen LogP contribution >= 0.6 is 0 Å². The molecule has 0 aliphatic carbocycles. The minimum absolute atomic E-state index is 0.462. The van der Waals surface area contributed by atoms with Gasteiger partial charge in [0.2, 0.25) is 0 Å². The first kappa shape index (κ1) is 12.1. The molecule has 86 valence electrons. The highest BCUT2D eigenvalue weighted by atomic mass is 16.5. The van der Waals surface area contributed by atoms with Gasteiger partial charge in [0.1, 0.15) is 5.76 Å². The summed E-state index contributed by atoms with van der Waals surface area (Å²) in [6, 6.07) is 0. The highest BCUT2D eigenvalue weighted by Crippen LogP contribution is 2.30. The van der Waals surface area contributed by atoms with Gasteiger partial charge < -0.3 is 10.3 Å². The van der Waals surface area contributed by atoms with Crippen molar-refractivity contribution in [3.8, 4) is 0 Å². The second kappa shape index (κ2) is 5.19. The molecule has 0 amide bonds. The van der Waals surface area contributed by atoms with E-state index in [-0.39, 0.29) is 0 Å². The molecular formula is C12H22N2O. The van der Waals surface area contributed by atoms with Crippen LogP contribution in [0.1, 0.15) is 57.8 Å². The number of anilines is 1. The Kier molecular flexibility index (Phi) is 4.18. The lowest BCUT2D eigenvalue weighted by Crippen LogP contribution is -2.03. The predicted octanol–water partition coefficient (Wildman–Crippen LogP) is 3.36. The van der Waals surface area contributed by atoms with Crippen LogP contribution in [0.4, 0.5) is 5.82 Å². The minimum atomic E-state index is 0.462. The molecule has 0 atom stereocenters. The van der Waals surface area contributed by atoms with Gasteiger partial charge in [-0.1, -0.05) is 32.9 Å². The summed E-state index contributed by atoms with van der Waals surface area (Å²) in [7, 11) is 0. The Labute approximate surface area is 92.0 Å². The topological polar surface area (TPSA) is 52.0 Å². The molecule has 0 bridgehead atoms. The zero-order valence-electron chi connectivity index (χ0n) is 10.2. The van der Waals surface area contributed by atoms with Crippen molar-refractivity contribution in [3.05, 3.63) is 11.3 Å². The number of nitrogens with zero attached hydrogens (tertiary/aromatic N) is 1. The first-order valence-electron chi connectivity index (χ1n) is 5.83. The summed E-state index contributed by atoms with van der Waals surface area (Å²) in [5, 5.41) is 3.89. The van der Waals surface area contributed by atoms with Crippen molar-refractivity contribution in [3.63, 3.8) is 0 Å². The predicted molar refractivity (Wildman–Crippen MR) is 62.8 cm³/mol. The van der Waals surface area contributed by atoms with E-state index in [1.807, 2.05) is 0 Å². The Balaban J connectivity index is 2.96. The molecule has 0 saturated heterocycles. The summed E-state index contributed by atoms with van der Waals surface area (Å²) in [5.74, 6) is 2.63. The molecule has 1 rings (SSSR count). The maximum absolute atomic E-state index is 5.83. The van der Waals surface area contributed by atoms with Gasteiger partial charge >= 0.3 is 0 Å². The fourth-order valence-electron chi connectivity index (χ4n) is 1.93. The Hall–Kier alpha value is -0.990. The van der Waals surface area contributed by atoms with Crippen molar-refractivity contribution in [2.75, 3.05) is 5.73 Å². The van der Waals surface area contributed by atoms with Gasteiger partial charge in [-0.2, -0.15) is 0 Å². The molecule has 15 heavy (non-hydrogen) atoms. The number of nitrogens with two attached hydrogens (primary N) is 1. The summed E-state index contributed by atoms with van der Waals surface area (Å²) >= 11 is 0. The Bertz CT molecular complexity index is 301. The van der Waals surface area contributed by atoms with E-state index in [0.29, 0.717) is 17.7 Å². The maximum Gasteiger partial charge on any atom is 0.170 e. The van der Waals surface area contributed by atoms with Crippen molar-refractivity contribution in [2.24, 2.45) is 5.92 Å². The lowest BCUT2D eigenvalue weighted by Gasteiger charge is -2.11. The van der Waals surface area contributed by atoms with Gasteiger partial charge in [0, 0.05) is 11.5 Å². The first-order chi connectivity index (χ1) is 7.10. The van der Waals surface area contributed by atoms with Gasteiger partial charge in [0.05, 0.1) is 0 Å². The SMILES string of the molecule is CCC(CC)c1onc(N)c1CC(C)C. The third-order valence-electron chi connectivity index (χ3n) is 2.82. The molecular weight excluding hydrogens is 188 g/mol. The molecule has 3 nitrogen and oxygen atoms in total. The third-order valence-corrected chi connectivity index (χ3v) is 2.82. The van der Waals surface area contributed by atoms with Crippen LogP contribution in [0, 0.1) is 5.92 Å². The molecule has 1 aromatic rings. The van der Waals surface area contributed by atoms with E-state index in [0.717, 1.165) is 30.6 Å². The number of nitrogen functional groups attached to an aromatic ring is 1. The lowest BCUT2D eigenvalue weighted by atomic mass is 9.93. The summed E-state index contributed by atoms with van der Waals surface area (Å²) in [6.07, 6.45) is 3.12. The molecule has 3 heteroatoms. The van der Waals surface area contributed by atoms with E-state index in [1.54, 1.807) is 0 Å². The summed E-state index contributed by atoms with van der Waals surface area (Å²) in [4.78, 5) is 0. The van der Waals surface area contributed by atoms with Gasteiger partial charge in [-0.3, -0.25) is 0 Å². The second-order valence-electron chi connectivity index (χ2n) is 4.52. The first-order valence-corrected chi connectivity index (χ1v) is 5.83. The van der Waals surface area contributed by atoms with Gasteiger partial charge in [0.15, 0.2) is 5.82 Å². The van der Waals surface area contributed by atoms with Gasteiger partial charge in [-0.25, -0.2) is 0 Å². The summed E-state index contributed by atoms with van der Waals surface area (Å²) in [5.41, 5.74) is 6.96. The average Bonchev–Trinajstić information content (AvgIpc) is 2.51. The molecule has 0 aliphatic heterocycles. The fourth-order valence-corrected chi connectivity index (χ4v) is 1.93. The number of hydrogen-bond acceptors (Lipinski definition) is 3. The van der Waals surface area contributed by atoms with Crippen LogP contribution < -0.4 is 5.73 Å². The van der Waals surface area contributed by atoms with Crippen LogP contribution in [0.15, 0.2) is 4.52 Å². The quantitative estimate of drug-likeness (QED) is 0.810.